The van der Waals surface area contributed by atoms with Crippen LogP contribution in [0.2, 0.25) is 0 Å². The van der Waals surface area contributed by atoms with Gasteiger partial charge in [-0.1, -0.05) is 30.4 Å². The molecular weight excluding hydrogens is 462 g/mol. The zero-order valence-electron chi connectivity index (χ0n) is 19.2. The van der Waals surface area contributed by atoms with E-state index in [2.05, 4.69) is 52.5 Å². The van der Waals surface area contributed by atoms with Gasteiger partial charge >= 0.3 is 5.97 Å². The summed E-state index contributed by atoms with van der Waals surface area (Å²) >= 11 is 3.40. The van der Waals surface area contributed by atoms with Crippen LogP contribution < -0.4 is 5.32 Å². The third kappa shape index (κ3) is 4.98. The first kappa shape index (κ1) is 23.3. The fraction of sp³-hybridized carbons (Fsp3) is 0.429. The van der Waals surface area contributed by atoms with Gasteiger partial charge in [0.05, 0.1) is 5.56 Å². The first-order chi connectivity index (χ1) is 16.6. The molecule has 3 aromatic rings. The number of nitrogens with one attached hydrogen (secondary N) is 1. The van der Waals surface area contributed by atoms with Gasteiger partial charge in [-0.05, 0) is 90.7 Å². The van der Waals surface area contributed by atoms with E-state index < -0.39 is 5.97 Å². The molecule has 4 unspecified atom stereocenters. The Bertz CT molecular complexity index is 1180. The van der Waals surface area contributed by atoms with Gasteiger partial charge in [-0.25, -0.2) is 0 Å². The van der Waals surface area contributed by atoms with Gasteiger partial charge in [0, 0.05) is 27.9 Å². The molecule has 4 atom stereocenters. The number of rotatable bonds is 10. The lowest BCUT2D eigenvalue weighted by Gasteiger charge is -2.31. The van der Waals surface area contributed by atoms with Crippen LogP contribution in [0.4, 0.5) is 0 Å². The summed E-state index contributed by atoms with van der Waals surface area (Å²) in [6.45, 7) is 0. The van der Waals surface area contributed by atoms with E-state index in [0.29, 0.717) is 24.2 Å². The van der Waals surface area contributed by atoms with Crippen molar-refractivity contribution in [1.82, 2.24) is 5.32 Å². The maximum atomic E-state index is 13.4. The molecule has 2 bridgehead atoms. The summed E-state index contributed by atoms with van der Waals surface area (Å²) in [6, 6.07) is 8.73. The van der Waals surface area contributed by atoms with Crippen molar-refractivity contribution in [2.45, 2.75) is 57.4 Å². The van der Waals surface area contributed by atoms with Crippen LogP contribution in [0, 0.1) is 17.8 Å². The van der Waals surface area contributed by atoms with E-state index in [9.17, 15) is 9.59 Å². The molecule has 2 fully saturated rings. The van der Waals surface area contributed by atoms with Crippen molar-refractivity contribution in [3.63, 3.8) is 0 Å². The molecule has 0 saturated heterocycles. The molecule has 2 heterocycles. The Morgan fingerprint density at radius 2 is 2.00 bits per heavy atom. The van der Waals surface area contributed by atoms with Crippen LogP contribution in [0.5, 0.6) is 0 Å². The van der Waals surface area contributed by atoms with E-state index in [1.54, 1.807) is 22.7 Å². The minimum atomic E-state index is -0.733. The summed E-state index contributed by atoms with van der Waals surface area (Å²) < 4.78 is 1.22. The van der Waals surface area contributed by atoms with Crippen LogP contribution >= 0.6 is 22.7 Å². The van der Waals surface area contributed by atoms with Gasteiger partial charge in [0.25, 0.3) is 5.91 Å². The summed E-state index contributed by atoms with van der Waals surface area (Å²) in [6.07, 6.45) is 11.6. The Labute approximate surface area is 208 Å². The fourth-order valence-corrected chi connectivity index (χ4v) is 7.73. The van der Waals surface area contributed by atoms with E-state index in [4.69, 9.17) is 5.11 Å². The molecule has 34 heavy (non-hydrogen) atoms. The molecule has 5 rings (SSSR count). The van der Waals surface area contributed by atoms with Crippen molar-refractivity contribution in [3.8, 4) is 0 Å². The number of carbonyl (C=O) groups is 2. The monoisotopic (exact) mass is 493 g/mol. The van der Waals surface area contributed by atoms with Crippen molar-refractivity contribution < 1.29 is 14.7 Å². The Kier molecular flexibility index (Phi) is 7.16. The van der Waals surface area contributed by atoms with E-state index in [0.717, 1.165) is 30.2 Å². The Balaban J connectivity index is 1.26. The smallest absolute Gasteiger partial charge is 0.303 e. The number of carbonyl (C=O) groups excluding carboxylic acids is 1. The average molecular weight is 494 g/mol. The number of thiophene rings is 2. The molecular formula is C28H31NO3S2. The highest BCUT2D eigenvalue weighted by Gasteiger charge is 2.47. The molecule has 0 spiro atoms. The lowest BCUT2D eigenvalue weighted by Crippen LogP contribution is -2.43. The van der Waals surface area contributed by atoms with Crippen LogP contribution in [0.15, 0.2) is 52.6 Å². The van der Waals surface area contributed by atoms with E-state index in [1.807, 2.05) is 5.38 Å². The minimum Gasteiger partial charge on any atom is -0.481 e. The zero-order valence-corrected chi connectivity index (χ0v) is 20.9. The van der Waals surface area contributed by atoms with Crippen LogP contribution in [0.3, 0.4) is 0 Å². The Morgan fingerprint density at radius 3 is 2.82 bits per heavy atom. The first-order valence-electron chi connectivity index (χ1n) is 12.3. The number of unbranched alkanes of at least 4 members (excludes halogenated alkanes) is 1. The number of hydrogen-bond acceptors (Lipinski definition) is 4. The second-order valence-corrected chi connectivity index (χ2v) is 11.4. The molecule has 4 nitrogen and oxygen atoms in total. The van der Waals surface area contributed by atoms with Gasteiger partial charge in [0.15, 0.2) is 0 Å². The van der Waals surface area contributed by atoms with Gasteiger partial charge in [0.1, 0.15) is 0 Å². The second-order valence-electron chi connectivity index (χ2n) is 9.74. The van der Waals surface area contributed by atoms with Gasteiger partial charge in [0.2, 0.25) is 0 Å². The number of fused-ring (bicyclic) bond motifs is 3. The van der Waals surface area contributed by atoms with Crippen LogP contribution in [-0.4, -0.2) is 23.0 Å². The zero-order chi connectivity index (χ0) is 23.5. The van der Waals surface area contributed by atoms with Crippen molar-refractivity contribution in [2.24, 2.45) is 17.8 Å². The summed E-state index contributed by atoms with van der Waals surface area (Å²) in [5, 5.41) is 19.6. The maximum Gasteiger partial charge on any atom is 0.303 e. The van der Waals surface area contributed by atoms with Crippen LogP contribution in [0.25, 0.3) is 10.1 Å². The highest BCUT2D eigenvalue weighted by molar-refractivity contribution is 7.17. The molecule has 2 saturated carbocycles. The van der Waals surface area contributed by atoms with E-state index >= 15 is 0 Å². The third-order valence-corrected chi connectivity index (χ3v) is 9.43. The predicted octanol–water partition coefficient (Wildman–Crippen LogP) is 6.90. The number of amides is 1. The Hall–Kier alpha value is -2.44. The van der Waals surface area contributed by atoms with Gasteiger partial charge < -0.3 is 10.4 Å². The average Bonchev–Trinajstić information content (AvgIpc) is 3.61. The van der Waals surface area contributed by atoms with Crippen LogP contribution in [-0.2, 0) is 11.2 Å². The SMILES string of the molecule is O=C(O)CCCC=CCC1C2CCC(C2)C1NC(=O)c1csc2c(Cc3ccsc3)cccc12. The summed E-state index contributed by atoms with van der Waals surface area (Å²) in [7, 11) is 0. The van der Waals surface area contributed by atoms with E-state index in [1.165, 1.54) is 35.1 Å². The number of carboxylic acids is 1. The first-order valence-corrected chi connectivity index (χ1v) is 14.1. The number of aliphatic carboxylic acids is 1. The van der Waals surface area contributed by atoms with Crippen molar-refractivity contribution in [1.29, 1.82) is 0 Å². The van der Waals surface area contributed by atoms with E-state index in [-0.39, 0.29) is 18.4 Å². The molecule has 2 aliphatic rings. The summed E-state index contributed by atoms with van der Waals surface area (Å²) in [5.74, 6) is 1.09. The van der Waals surface area contributed by atoms with Gasteiger partial charge in [-0.3, -0.25) is 9.59 Å². The number of hydrogen-bond donors (Lipinski definition) is 2. The molecule has 2 aromatic heterocycles. The largest absolute Gasteiger partial charge is 0.481 e. The highest BCUT2D eigenvalue weighted by atomic mass is 32.1. The predicted molar refractivity (Wildman–Crippen MR) is 140 cm³/mol. The number of carboxylic acid groups (broad SMARTS) is 1. The van der Waals surface area contributed by atoms with Crippen molar-refractivity contribution in [3.05, 3.63) is 69.2 Å². The topological polar surface area (TPSA) is 66.4 Å². The molecule has 1 aromatic carbocycles. The van der Waals surface area contributed by atoms with Gasteiger partial charge in [-0.2, -0.15) is 11.3 Å². The number of allylic oxidation sites excluding steroid dienone is 2. The second kappa shape index (κ2) is 10.4. The molecule has 178 valence electrons. The van der Waals surface area contributed by atoms with Crippen LogP contribution in [0.1, 0.15) is 66.4 Å². The molecule has 2 aliphatic carbocycles. The minimum absolute atomic E-state index is 0.0620. The molecule has 0 aliphatic heterocycles. The summed E-state index contributed by atoms with van der Waals surface area (Å²) in [5.41, 5.74) is 3.40. The van der Waals surface area contributed by atoms with Crippen molar-refractivity contribution >= 4 is 44.6 Å². The molecule has 6 heteroatoms. The standard InChI is InChI=1S/C28H31NO3S2/c30-25(31)9-4-2-1-3-7-22-19-10-11-20(15-19)26(22)29-28(32)24-17-34-27-21(6-5-8-23(24)27)14-18-12-13-33-16-18/h1,3,5-6,8,12-13,16-17,19-20,22,26H,2,4,7,9-11,14-15H2,(H,29,32)(H,30,31). The lowest BCUT2D eigenvalue weighted by molar-refractivity contribution is -0.137. The van der Waals surface area contributed by atoms with Gasteiger partial charge in [-0.15, -0.1) is 11.3 Å². The van der Waals surface area contributed by atoms with Crippen molar-refractivity contribution in [2.75, 3.05) is 0 Å². The Morgan fingerprint density at radius 1 is 1.12 bits per heavy atom. The normalized spacial score (nSPS) is 23.8. The quantitative estimate of drug-likeness (QED) is 0.238. The molecule has 1 amide bonds. The highest BCUT2D eigenvalue weighted by Crippen LogP contribution is 2.50. The third-order valence-electron chi connectivity index (χ3n) is 7.62. The summed E-state index contributed by atoms with van der Waals surface area (Å²) in [4.78, 5) is 24.1. The lowest BCUT2D eigenvalue weighted by atomic mass is 9.82. The molecule has 2 N–H and O–H groups in total. The fourth-order valence-electron chi connectivity index (χ4n) is 5.99. The molecule has 0 radical (unpaired) electrons. The number of benzene rings is 1. The maximum absolute atomic E-state index is 13.4.